The van der Waals surface area contributed by atoms with Gasteiger partial charge in [-0.15, -0.1) is 0 Å². The van der Waals surface area contributed by atoms with Crippen LogP contribution in [0, 0.1) is 11.3 Å². The third-order valence-electron chi connectivity index (χ3n) is 3.45. The maximum absolute atomic E-state index is 5.49. The third-order valence-corrected chi connectivity index (χ3v) is 3.45. The average Bonchev–Trinajstić information content (AvgIpc) is 2.09. The van der Waals surface area contributed by atoms with Gasteiger partial charge in [-0.25, -0.2) is 0 Å². The Morgan fingerprint density at radius 2 is 2.00 bits per heavy atom. The second-order valence-corrected chi connectivity index (χ2v) is 6.06. The van der Waals surface area contributed by atoms with Crippen molar-refractivity contribution in [2.45, 2.75) is 58.9 Å². The highest BCUT2D eigenvalue weighted by molar-refractivity contribution is 4.86. The molecule has 2 nitrogen and oxygen atoms in total. The number of rotatable bonds is 5. The summed E-state index contributed by atoms with van der Waals surface area (Å²) in [6, 6.07) is 0.738. The first-order valence-electron chi connectivity index (χ1n) is 6.47. The third kappa shape index (κ3) is 4.98. The van der Waals surface area contributed by atoms with Crippen LogP contribution < -0.4 is 11.1 Å². The van der Waals surface area contributed by atoms with Crippen molar-refractivity contribution in [3.8, 4) is 0 Å². The van der Waals surface area contributed by atoms with Crippen LogP contribution in [0.2, 0.25) is 0 Å². The summed E-state index contributed by atoms with van der Waals surface area (Å²) in [7, 11) is 0. The zero-order valence-corrected chi connectivity index (χ0v) is 10.7. The van der Waals surface area contributed by atoms with E-state index in [2.05, 4.69) is 26.1 Å². The van der Waals surface area contributed by atoms with Crippen LogP contribution in [0.1, 0.15) is 52.9 Å². The zero-order valence-electron chi connectivity index (χ0n) is 10.7. The second-order valence-electron chi connectivity index (χ2n) is 6.06. The molecule has 0 aliphatic heterocycles. The molecule has 1 aliphatic carbocycles. The lowest BCUT2D eigenvalue weighted by Gasteiger charge is -2.39. The van der Waals surface area contributed by atoms with Gasteiger partial charge in [0.05, 0.1) is 0 Å². The van der Waals surface area contributed by atoms with E-state index in [-0.39, 0.29) is 0 Å². The Labute approximate surface area is 95.0 Å². The minimum Gasteiger partial charge on any atom is -0.330 e. The first-order valence-corrected chi connectivity index (χ1v) is 6.47. The Kier molecular flexibility index (Phi) is 5.07. The van der Waals surface area contributed by atoms with Crippen LogP contribution in [0.4, 0.5) is 0 Å². The Morgan fingerprint density at radius 3 is 2.60 bits per heavy atom. The molecule has 1 aliphatic rings. The van der Waals surface area contributed by atoms with Gasteiger partial charge in [-0.1, -0.05) is 20.8 Å². The lowest BCUT2D eigenvalue weighted by molar-refractivity contribution is 0.151. The van der Waals surface area contributed by atoms with Crippen molar-refractivity contribution in [3.05, 3.63) is 0 Å². The first kappa shape index (κ1) is 13.0. The first-order chi connectivity index (χ1) is 7.03. The maximum Gasteiger partial charge on any atom is 0.00746 e. The quantitative estimate of drug-likeness (QED) is 0.687. The number of nitrogens with two attached hydrogens (primary N) is 1. The van der Waals surface area contributed by atoms with Gasteiger partial charge in [0.25, 0.3) is 0 Å². The van der Waals surface area contributed by atoms with Gasteiger partial charge < -0.3 is 11.1 Å². The molecule has 1 saturated carbocycles. The molecule has 0 aromatic heterocycles. The van der Waals surface area contributed by atoms with E-state index in [9.17, 15) is 0 Å². The molecule has 2 heteroatoms. The molecule has 3 N–H and O–H groups in total. The molecule has 0 saturated heterocycles. The van der Waals surface area contributed by atoms with Gasteiger partial charge in [0.2, 0.25) is 0 Å². The molecule has 2 atom stereocenters. The van der Waals surface area contributed by atoms with Crippen LogP contribution in [-0.4, -0.2) is 19.1 Å². The Balaban J connectivity index is 2.23. The summed E-state index contributed by atoms with van der Waals surface area (Å²) in [5.41, 5.74) is 6.02. The van der Waals surface area contributed by atoms with Crippen molar-refractivity contribution in [2.75, 3.05) is 13.1 Å². The summed E-state index contributed by atoms with van der Waals surface area (Å²) in [5.74, 6) is 0.876. The minimum absolute atomic E-state index is 0.531. The van der Waals surface area contributed by atoms with E-state index in [0.717, 1.165) is 31.5 Å². The zero-order chi connectivity index (χ0) is 11.3. The second kappa shape index (κ2) is 5.86. The van der Waals surface area contributed by atoms with Crippen molar-refractivity contribution in [3.63, 3.8) is 0 Å². The topological polar surface area (TPSA) is 38.0 Å². The summed E-state index contributed by atoms with van der Waals surface area (Å²) in [5, 5.41) is 3.69. The van der Waals surface area contributed by atoms with Crippen LogP contribution in [0.3, 0.4) is 0 Å². The van der Waals surface area contributed by atoms with Crippen molar-refractivity contribution < 1.29 is 0 Å². The van der Waals surface area contributed by atoms with E-state index in [0.29, 0.717) is 5.41 Å². The molecule has 2 unspecified atom stereocenters. The molecule has 0 radical (unpaired) electrons. The van der Waals surface area contributed by atoms with Crippen LogP contribution in [-0.2, 0) is 0 Å². The molecule has 15 heavy (non-hydrogen) atoms. The fourth-order valence-corrected chi connectivity index (χ4v) is 3.08. The number of hydrogen-bond donors (Lipinski definition) is 2. The van der Waals surface area contributed by atoms with Crippen LogP contribution in [0.5, 0.6) is 0 Å². The summed E-state index contributed by atoms with van der Waals surface area (Å²) in [6.45, 7) is 9.16. The number of nitrogens with one attached hydrogen (secondary N) is 1. The molecule has 1 rings (SSSR count). The number of unbranched alkanes of at least 4 members (excludes halogenated alkanes) is 1. The fraction of sp³-hybridized carbons (Fsp3) is 1.00. The van der Waals surface area contributed by atoms with E-state index < -0.39 is 0 Å². The normalized spacial score (nSPS) is 30.4. The lowest BCUT2D eigenvalue weighted by Crippen LogP contribution is -2.40. The SMILES string of the molecule is CC1CC(NCCCCN)CC(C)(C)C1. The Bertz CT molecular complexity index is 177. The lowest BCUT2D eigenvalue weighted by atomic mass is 9.70. The smallest absolute Gasteiger partial charge is 0.00746 e. The predicted molar refractivity (Wildman–Crippen MR) is 66.9 cm³/mol. The van der Waals surface area contributed by atoms with E-state index in [1.165, 1.54) is 25.7 Å². The monoisotopic (exact) mass is 212 g/mol. The Hall–Kier alpha value is -0.0800. The molecular weight excluding hydrogens is 184 g/mol. The molecule has 0 heterocycles. The summed E-state index contributed by atoms with van der Waals surface area (Å²) in [4.78, 5) is 0. The van der Waals surface area contributed by atoms with Crippen molar-refractivity contribution in [2.24, 2.45) is 17.1 Å². The van der Waals surface area contributed by atoms with Crippen LogP contribution >= 0.6 is 0 Å². The van der Waals surface area contributed by atoms with Crippen molar-refractivity contribution >= 4 is 0 Å². The summed E-state index contributed by atoms with van der Waals surface area (Å²) >= 11 is 0. The van der Waals surface area contributed by atoms with Gasteiger partial charge in [0.15, 0.2) is 0 Å². The summed E-state index contributed by atoms with van der Waals surface area (Å²) in [6.07, 6.45) is 6.44. The van der Waals surface area contributed by atoms with Gasteiger partial charge in [-0.2, -0.15) is 0 Å². The van der Waals surface area contributed by atoms with Crippen molar-refractivity contribution in [1.82, 2.24) is 5.32 Å². The van der Waals surface area contributed by atoms with Gasteiger partial charge in [-0.05, 0) is 56.5 Å². The maximum atomic E-state index is 5.49. The van der Waals surface area contributed by atoms with Crippen LogP contribution in [0.15, 0.2) is 0 Å². The highest BCUT2D eigenvalue weighted by atomic mass is 14.9. The molecule has 1 fully saturated rings. The van der Waals surface area contributed by atoms with Gasteiger partial charge >= 0.3 is 0 Å². The van der Waals surface area contributed by atoms with E-state index in [1.54, 1.807) is 0 Å². The van der Waals surface area contributed by atoms with Crippen molar-refractivity contribution in [1.29, 1.82) is 0 Å². The highest BCUT2D eigenvalue weighted by Crippen LogP contribution is 2.38. The molecular formula is C13H28N2. The predicted octanol–water partition coefficient (Wildman–Crippen LogP) is 2.53. The molecule has 0 spiro atoms. The molecule has 0 bridgehead atoms. The standard InChI is InChI=1S/C13H28N2/c1-11-8-12(10-13(2,3)9-11)15-7-5-4-6-14/h11-12,15H,4-10,14H2,1-3H3. The average molecular weight is 212 g/mol. The molecule has 90 valence electrons. The molecule has 0 amide bonds. The minimum atomic E-state index is 0.531. The number of hydrogen-bond acceptors (Lipinski definition) is 2. The summed E-state index contributed by atoms with van der Waals surface area (Å²) < 4.78 is 0. The van der Waals surface area contributed by atoms with Gasteiger partial charge in [0.1, 0.15) is 0 Å². The van der Waals surface area contributed by atoms with Gasteiger partial charge in [-0.3, -0.25) is 0 Å². The van der Waals surface area contributed by atoms with E-state index in [1.807, 2.05) is 0 Å². The molecule has 0 aromatic carbocycles. The van der Waals surface area contributed by atoms with E-state index in [4.69, 9.17) is 5.73 Å². The molecule has 0 aromatic rings. The van der Waals surface area contributed by atoms with Crippen LogP contribution in [0.25, 0.3) is 0 Å². The highest BCUT2D eigenvalue weighted by Gasteiger charge is 2.31. The largest absolute Gasteiger partial charge is 0.330 e. The van der Waals surface area contributed by atoms with Gasteiger partial charge in [0, 0.05) is 6.04 Å². The fourth-order valence-electron chi connectivity index (χ4n) is 3.08. The Morgan fingerprint density at radius 1 is 1.27 bits per heavy atom. The van der Waals surface area contributed by atoms with E-state index >= 15 is 0 Å².